The fourth-order valence-electron chi connectivity index (χ4n) is 3.37. The summed E-state index contributed by atoms with van der Waals surface area (Å²) in [7, 11) is 0. The van der Waals surface area contributed by atoms with Gasteiger partial charge in [0.1, 0.15) is 11.6 Å². The lowest BCUT2D eigenvalue weighted by Gasteiger charge is -2.35. The number of aromatic nitrogens is 3. The van der Waals surface area contributed by atoms with Crippen LogP contribution >= 0.6 is 0 Å². The number of nitrogens with one attached hydrogen (secondary N) is 1. The van der Waals surface area contributed by atoms with Crippen molar-refractivity contribution in [2.75, 3.05) is 19.6 Å². The normalized spacial score (nSPS) is 20.4. The van der Waals surface area contributed by atoms with Crippen LogP contribution in [-0.2, 0) is 6.54 Å². The Bertz CT molecular complexity index is 804. The van der Waals surface area contributed by atoms with Gasteiger partial charge in [0.2, 0.25) is 0 Å². The number of nitrogens with zero attached hydrogens (tertiary/aromatic N) is 5. The molecular weight excluding hydrogens is 331 g/mol. The SMILES string of the molecule is CC(C)c1ncc(CN2CCN3NC(c4ncccc4F)C=C3C2)cn1. The number of hydrogen-bond donors (Lipinski definition) is 1. The van der Waals surface area contributed by atoms with E-state index in [0.717, 1.165) is 43.3 Å². The van der Waals surface area contributed by atoms with Crippen LogP contribution in [0, 0.1) is 5.82 Å². The number of piperazine rings is 1. The summed E-state index contributed by atoms with van der Waals surface area (Å²) in [5, 5.41) is 2.10. The van der Waals surface area contributed by atoms with Gasteiger partial charge in [-0.15, -0.1) is 0 Å². The average Bonchev–Trinajstić information content (AvgIpc) is 3.05. The lowest BCUT2D eigenvalue weighted by Crippen LogP contribution is -2.47. The second kappa shape index (κ2) is 7.09. The van der Waals surface area contributed by atoms with Crippen molar-refractivity contribution in [1.29, 1.82) is 0 Å². The van der Waals surface area contributed by atoms with E-state index in [9.17, 15) is 4.39 Å². The predicted molar refractivity (Wildman–Crippen MR) is 96.3 cm³/mol. The van der Waals surface area contributed by atoms with Crippen LogP contribution in [0.2, 0.25) is 0 Å². The summed E-state index contributed by atoms with van der Waals surface area (Å²) < 4.78 is 14.0. The Morgan fingerprint density at radius 3 is 2.77 bits per heavy atom. The maximum Gasteiger partial charge on any atom is 0.146 e. The van der Waals surface area contributed by atoms with Crippen molar-refractivity contribution in [3.63, 3.8) is 0 Å². The molecule has 26 heavy (non-hydrogen) atoms. The Morgan fingerprint density at radius 2 is 2.04 bits per heavy atom. The Balaban J connectivity index is 1.43. The molecule has 1 fully saturated rings. The minimum atomic E-state index is -0.277. The molecule has 0 spiro atoms. The van der Waals surface area contributed by atoms with Gasteiger partial charge in [-0.05, 0) is 18.2 Å². The molecule has 0 aliphatic carbocycles. The van der Waals surface area contributed by atoms with Crippen molar-refractivity contribution in [2.24, 2.45) is 0 Å². The minimum Gasteiger partial charge on any atom is -0.309 e. The van der Waals surface area contributed by atoms with Gasteiger partial charge in [0.25, 0.3) is 0 Å². The van der Waals surface area contributed by atoms with Gasteiger partial charge in [-0.1, -0.05) is 13.8 Å². The fraction of sp³-hybridized carbons (Fsp3) is 0.421. The van der Waals surface area contributed by atoms with Gasteiger partial charge in [0.15, 0.2) is 0 Å². The van der Waals surface area contributed by atoms with Crippen molar-refractivity contribution in [3.8, 4) is 0 Å². The molecule has 136 valence electrons. The summed E-state index contributed by atoms with van der Waals surface area (Å²) in [4.78, 5) is 15.4. The predicted octanol–water partition coefficient (Wildman–Crippen LogP) is 2.40. The summed E-state index contributed by atoms with van der Waals surface area (Å²) >= 11 is 0. The molecule has 7 heteroatoms. The average molecular weight is 354 g/mol. The van der Waals surface area contributed by atoms with E-state index in [-0.39, 0.29) is 11.9 Å². The molecule has 0 bridgehead atoms. The first-order chi connectivity index (χ1) is 12.6. The Kier molecular flexibility index (Phi) is 4.65. The third-order valence-corrected chi connectivity index (χ3v) is 4.76. The molecule has 2 aliphatic rings. The smallest absolute Gasteiger partial charge is 0.146 e. The molecule has 4 rings (SSSR count). The van der Waals surface area contributed by atoms with Crippen LogP contribution in [0.25, 0.3) is 0 Å². The molecule has 1 N–H and O–H groups in total. The van der Waals surface area contributed by atoms with Crippen LogP contribution in [0.15, 0.2) is 42.5 Å². The van der Waals surface area contributed by atoms with E-state index in [2.05, 4.69) is 50.2 Å². The molecule has 1 saturated heterocycles. The first-order valence-electron chi connectivity index (χ1n) is 8.98. The van der Waals surface area contributed by atoms with Crippen molar-refractivity contribution in [3.05, 3.63) is 65.4 Å². The molecule has 2 aliphatic heterocycles. The van der Waals surface area contributed by atoms with Gasteiger partial charge in [-0.3, -0.25) is 9.88 Å². The third kappa shape index (κ3) is 3.45. The highest BCUT2D eigenvalue weighted by atomic mass is 19.1. The number of fused-ring (bicyclic) bond motifs is 1. The van der Waals surface area contributed by atoms with E-state index in [1.54, 1.807) is 12.3 Å². The standard InChI is InChI=1S/C19H23FN6/c1-13(2)19-22-9-14(10-23-19)11-25-6-7-26-15(12-25)8-17(24-26)18-16(20)4-3-5-21-18/h3-5,8-10,13,17,24H,6-7,11-12H2,1-2H3. The maximum absolute atomic E-state index is 14.0. The van der Waals surface area contributed by atoms with Crippen LogP contribution in [0.5, 0.6) is 0 Å². The first kappa shape index (κ1) is 17.1. The number of hydrazine groups is 1. The van der Waals surface area contributed by atoms with Crippen molar-refractivity contribution < 1.29 is 4.39 Å². The maximum atomic E-state index is 14.0. The molecule has 0 saturated carbocycles. The largest absolute Gasteiger partial charge is 0.309 e. The summed E-state index contributed by atoms with van der Waals surface area (Å²) in [5.74, 6) is 0.939. The lowest BCUT2D eigenvalue weighted by molar-refractivity contribution is 0.138. The van der Waals surface area contributed by atoms with E-state index in [1.165, 1.54) is 6.07 Å². The van der Waals surface area contributed by atoms with Crippen LogP contribution in [0.4, 0.5) is 4.39 Å². The van der Waals surface area contributed by atoms with Gasteiger partial charge >= 0.3 is 0 Å². The van der Waals surface area contributed by atoms with Crippen LogP contribution < -0.4 is 5.43 Å². The summed E-state index contributed by atoms with van der Waals surface area (Å²) in [6.07, 6.45) is 7.53. The second-order valence-electron chi connectivity index (χ2n) is 7.10. The summed E-state index contributed by atoms with van der Waals surface area (Å²) in [6, 6.07) is 2.86. The van der Waals surface area contributed by atoms with Crippen LogP contribution in [-0.4, -0.2) is 44.5 Å². The molecule has 6 nitrogen and oxygen atoms in total. The molecule has 2 aromatic heterocycles. The summed E-state index contributed by atoms with van der Waals surface area (Å²) in [6.45, 7) is 7.58. The highest BCUT2D eigenvalue weighted by Gasteiger charge is 2.30. The summed E-state index contributed by atoms with van der Waals surface area (Å²) in [5.41, 5.74) is 6.06. The monoisotopic (exact) mass is 354 g/mol. The quantitative estimate of drug-likeness (QED) is 0.910. The zero-order valence-corrected chi connectivity index (χ0v) is 15.1. The molecular formula is C19H23FN6. The molecule has 4 heterocycles. The Hall–Kier alpha value is -2.38. The van der Waals surface area contributed by atoms with Crippen molar-refractivity contribution >= 4 is 0 Å². The third-order valence-electron chi connectivity index (χ3n) is 4.76. The highest BCUT2D eigenvalue weighted by Crippen LogP contribution is 2.27. The van der Waals surface area contributed by atoms with Gasteiger partial charge in [0.05, 0.1) is 11.7 Å². The zero-order valence-electron chi connectivity index (χ0n) is 15.1. The molecule has 0 amide bonds. The Labute approximate surface area is 152 Å². The topological polar surface area (TPSA) is 57.2 Å². The van der Waals surface area contributed by atoms with E-state index in [4.69, 9.17) is 0 Å². The molecule has 0 radical (unpaired) electrons. The molecule has 0 aromatic carbocycles. The van der Waals surface area contributed by atoms with Crippen LogP contribution in [0.3, 0.4) is 0 Å². The van der Waals surface area contributed by atoms with E-state index >= 15 is 0 Å². The van der Waals surface area contributed by atoms with Crippen molar-refractivity contribution in [2.45, 2.75) is 32.4 Å². The minimum absolute atomic E-state index is 0.209. The van der Waals surface area contributed by atoms with Gasteiger partial charge in [-0.25, -0.2) is 19.8 Å². The molecule has 2 aromatic rings. The number of halogens is 1. The van der Waals surface area contributed by atoms with E-state index in [0.29, 0.717) is 11.6 Å². The molecule has 1 atom stereocenters. The zero-order chi connectivity index (χ0) is 18.1. The fourth-order valence-corrected chi connectivity index (χ4v) is 3.37. The second-order valence-corrected chi connectivity index (χ2v) is 7.10. The lowest BCUT2D eigenvalue weighted by atomic mass is 10.1. The van der Waals surface area contributed by atoms with Gasteiger partial charge < -0.3 is 5.01 Å². The van der Waals surface area contributed by atoms with E-state index < -0.39 is 0 Å². The van der Waals surface area contributed by atoms with Crippen LogP contribution in [0.1, 0.15) is 42.9 Å². The van der Waals surface area contributed by atoms with Gasteiger partial charge in [0, 0.05) is 61.9 Å². The molecule has 1 unspecified atom stereocenters. The number of rotatable bonds is 4. The van der Waals surface area contributed by atoms with Gasteiger partial charge in [-0.2, -0.15) is 0 Å². The first-order valence-corrected chi connectivity index (χ1v) is 8.98. The number of pyridine rings is 1. The highest BCUT2D eigenvalue weighted by molar-refractivity contribution is 5.24. The van der Waals surface area contributed by atoms with Crippen molar-refractivity contribution in [1.82, 2.24) is 30.3 Å². The Morgan fingerprint density at radius 1 is 1.23 bits per heavy atom. The van der Waals surface area contributed by atoms with E-state index in [1.807, 2.05) is 12.4 Å². The number of hydrogen-bond acceptors (Lipinski definition) is 6.